The second-order valence-electron chi connectivity index (χ2n) is 5.09. The molecule has 0 fully saturated rings. The topological polar surface area (TPSA) is 76.5 Å². The van der Waals surface area contributed by atoms with E-state index in [4.69, 9.17) is 4.74 Å². The minimum atomic E-state index is -0.719. The molecule has 0 radical (unpaired) electrons. The van der Waals surface area contributed by atoms with E-state index in [0.717, 1.165) is 6.07 Å². The zero-order valence-corrected chi connectivity index (χ0v) is 12.8. The van der Waals surface area contributed by atoms with Gasteiger partial charge < -0.3 is 9.84 Å². The van der Waals surface area contributed by atoms with Gasteiger partial charge in [-0.1, -0.05) is 24.3 Å². The van der Waals surface area contributed by atoms with Gasteiger partial charge in [0.05, 0.1) is 11.1 Å². The summed E-state index contributed by atoms with van der Waals surface area (Å²) in [4.78, 5) is 27.5. The summed E-state index contributed by atoms with van der Waals surface area (Å²) in [6, 6.07) is 14.4. The van der Waals surface area contributed by atoms with Crippen molar-refractivity contribution in [3.8, 4) is 17.4 Å². The van der Waals surface area contributed by atoms with Gasteiger partial charge in [0, 0.05) is 6.07 Å². The molecule has 1 N–H and O–H groups in total. The summed E-state index contributed by atoms with van der Waals surface area (Å²) < 4.78 is 19.2. The van der Waals surface area contributed by atoms with Crippen molar-refractivity contribution in [1.29, 1.82) is 0 Å². The molecule has 0 aliphatic rings. The van der Waals surface area contributed by atoms with E-state index in [1.807, 2.05) is 0 Å². The van der Waals surface area contributed by atoms with Gasteiger partial charge >= 0.3 is 0 Å². The van der Waals surface area contributed by atoms with E-state index in [9.17, 15) is 19.1 Å². The first-order valence-electron chi connectivity index (χ1n) is 7.31. The fourth-order valence-electron chi connectivity index (χ4n) is 2.23. The molecule has 0 saturated heterocycles. The Balaban J connectivity index is 1.94. The Hall–Kier alpha value is -3.54. The number of rotatable bonds is 5. The second-order valence-corrected chi connectivity index (χ2v) is 5.09. The predicted octanol–water partition coefficient (Wildman–Crippen LogP) is 3.76. The van der Waals surface area contributed by atoms with Crippen LogP contribution in [0.25, 0.3) is 0 Å². The predicted molar refractivity (Wildman–Crippen MR) is 87.6 cm³/mol. The number of ether oxygens (including phenoxy) is 1. The van der Waals surface area contributed by atoms with Crippen molar-refractivity contribution in [3.63, 3.8) is 0 Å². The highest BCUT2D eigenvalue weighted by Crippen LogP contribution is 2.27. The zero-order valence-electron chi connectivity index (χ0n) is 12.8. The smallest absolute Gasteiger partial charge is 0.220 e. The molecule has 0 aliphatic heterocycles. The molecule has 3 rings (SSSR count). The summed E-state index contributed by atoms with van der Waals surface area (Å²) in [7, 11) is 0. The number of aldehydes is 1. The highest BCUT2D eigenvalue weighted by Gasteiger charge is 2.16. The van der Waals surface area contributed by atoms with Gasteiger partial charge in [-0.3, -0.25) is 9.59 Å². The standard InChI is InChI=1S/C19H12FNO4/c20-14-7-3-5-12(11-22)19(14)25-17-10-4-8-15(21-17)18(24)13-6-1-2-9-16(13)23/h1-11,23H. The lowest BCUT2D eigenvalue weighted by atomic mass is 10.1. The molecular weight excluding hydrogens is 325 g/mol. The van der Waals surface area contributed by atoms with Crippen LogP contribution in [0.3, 0.4) is 0 Å². The first-order valence-corrected chi connectivity index (χ1v) is 7.31. The number of phenolic OH excluding ortho intramolecular Hbond substituents is 1. The van der Waals surface area contributed by atoms with Crippen LogP contribution in [0.15, 0.2) is 60.7 Å². The van der Waals surface area contributed by atoms with Gasteiger partial charge in [-0.25, -0.2) is 9.37 Å². The molecule has 0 unspecified atom stereocenters. The molecule has 0 atom stereocenters. The number of hydrogen-bond acceptors (Lipinski definition) is 5. The summed E-state index contributed by atoms with van der Waals surface area (Å²) in [6.45, 7) is 0. The summed E-state index contributed by atoms with van der Waals surface area (Å²) in [6.07, 6.45) is 0.468. The van der Waals surface area contributed by atoms with Crippen LogP contribution in [-0.2, 0) is 0 Å². The Bertz CT molecular complexity index is 956. The van der Waals surface area contributed by atoms with Crippen molar-refractivity contribution >= 4 is 12.1 Å². The molecule has 1 aromatic heterocycles. The quantitative estimate of drug-likeness (QED) is 0.566. The highest BCUT2D eigenvalue weighted by atomic mass is 19.1. The Morgan fingerprint density at radius 2 is 1.80 bits per heavy atom. The van der Waals surface area contributed by atoms with Crippen LogP contribution < -0.4 is 4.74 Å². The molecule has 0 saturated carbocycles. The first-order chi connectivity index (χ1) is 12.1. The van der Waals surface area contributed by atoms with E-state index in [1.165, 1.54) is 42.5 Å². The Kier molecular flexibility index (Phi) is 4.52. The normalized spacial score (nSPS) is 10.3. The van der Waals surface area contributed by atoms with Crippen LogP contribution in [0, 0.1) is 5.82 Å². The number of phenols is 1. The van der Waals surface area contributed by atoms with Crippen LogP contribution in [0.4, 0.5) is 4.39 Å². The van der Waals surface area contributed by atoms with Gasteiger partial charge in [0.1, 0.15) is 11.4 Å². The van der Waals surface area contributed by atoms with Crippen LogP contribution >= 0.6 is 0 Å². The van der Waals surface area contributed by atoms with Crippen LogP contribution in [0.1, 0.15) is 26.4 Å². The number of carbonyl (C=O) groups is 2. The van der Waals surface area contributed by atoms with E-state index in [1.54, 1.807) is 12.1 Å². The Morgan fingerprint density at radius 3 is 2.56 bits per heavy atom. The fraction of sp³-hybridized carbons (Fsp3) is 0. The average molecular weight is 337 g/mol. The number of aromatic nitrogens is 1. The molecule has 6 heteroatoms. The van der Waals surface area contributed by atoms with E-state index in [-0.39, 0.29) is 34.2 Å². The van der Waals surface area contributed by atoms with Crippen molar-refractivity contribution in [3.05, 3.63) is 83.3 Å². The maximum atomic E-state index is 13.9. The molecular formula is C19H12FNO4. The zero-order chi connectivity index (χ0) is 17.8. The molecule has 0 bridgehead atoms. The molecule has 0 spiro atoms. The second kappa shape index (κ2) is 6.92. The number of ketones is 1. The molecule has 0 amide bonds. The molecule has 124 valence electrons. The summed E-state index contributed by atoms with van der Waals surface area (Å²) in [5, 5.41) is 9.78. The number of halogens is 1. The fourth-order valence-corrected chi connectivity index (χ4v) is 2.23. The lowest BCUT2D eigenvalue weighted by Gasteiger charge is -2.09. The number of benzene rings is 2. The van der Waals surface area contributed by atoms with Gasteiger partial charge in [0.2, 0.25) is 11.7 Å². The van der Waals surface area contributed by atoms with Gasteiger partial charge in [-0.05, 0) is 30.3 Å². The van der Waals surface area contributed by atoms with Crippen molar-refractivity contribution in [1.82, 2.24) is 4.98 Å². The van der Waals surface area contributed by atoms with Gasteiger partial charge in [-0.15, -0.1) is 0 Å². The SMILES string of the molecule is O=Cc1cccc(F)c1Oc1cccc(C(=O)c2ccccc2O)n1. The van der Waals surface area contributed by atoms with Crippen molar-refractivity contribution in [2.75, 3.05) is 0 Å². The van der Waals surface area contributed by atoms with E-state index in [2.05, 4.69) is 4.98 Å². The third-order valence-electron chi connectivity index (χ3n) is 3.44. The third-order valence-corrected chi connectivity index (χ3v) is 3.44. The molecule has 0 aliphatic carbocycles. The van der Waals surface area contributed by atoms with Gasteiger partial charge in [-0.2, -0.15) is 0 Å². The molecule has 2 aromatic carbocycles. The number of pyridine rings is 1. The largest absolute Gasteiger partial charge is 0.507 e. The van der Waals surface area contributed by atoms with E-state index < -0.39 is 11.6 Å². The summed E-state index contributed by atoms with van der Waals surface area (Å²) in [5.74, 6) is -1.71. The first kappa shape index (κ1) is 16.3. The number of para-hydroxylation sites is 2. The average Bonchev–Trinajstić information content (AvgIpc) is 2.63. The van der Waals surface area contributed by atoms with Gasteiger partial charge in [0.25, 0.3) is 0 Å². The minimum Gasteiger partial charge on any atom is -0.507 e. The lowest BCUT2D eigenvalue weighted by molar-refractivity contribution is 0.103. The van der Waals surface area contributed by atoms with Crippen molar-refractivity contribution < 1.29 is 23.8 Å². The van der Waals surface area contributed by atoms with Gasteiger partial charge in [0.15, 0.2) is 17.9 Å². The summed E-state index contributed by atoms with van der Waals surface area (Å²) >= 11 is 0. The van der Waals surface area contributed by atoms with E-state index in [0.29, 0.717) is 6.29 Å². The third kappa shape index (κ3) is 3.37. The highest BCUT2D eigenvalue weighted by molar-refractivity contribution is 6.09. The van der Waals surface area contributed by atoms with Crippen molar-refractivity contribution in [2.45, 2.75) is 0 Å². The molecule has 3 aromatic rings. The molecule has 1 heterocycles. The van der Waals surface area contributed by atoms with Crippen LogP contribution in [0.2, 0.25) is 0 Å². The summed E-state index contributed by atoms with van der Waals surface area (Å²) in [5.41, 5.74) is 0.133. The number of hydrogen-bond donors (Lipinski definition) is 1. The lowest BCUT2D eigenvalue weighted by Crippen LogP contribution is -2.05. The molecule has 25 heavy (non-hydrogen) atoms. The van der Waals surface area contributed by atoms with Crippen LogP contribution in [0.5, 0.6) is 17.4 Å². The number of aromatic hydroxyl groups is 1. The van der Waals surface area contributed by atoms with E-state index >= 15 is 0 Å². The maximum absolute atomic E-state index is 13.9. The van der Waals surface area contributed by atoms with Crippen molar-refractivity contribution in [2.24, 2.45) is 0 Å². The Labute approximate surface area is 142 Å². The monoisotopic (exact) mass is 337 g/mol. The number of nitrogens with zero attached hydrogens (tertiary/aromatic N) is 1. The number of carbonyl (C=O) groups excluding carboxylic acids is 2. The van der Waals surface area contributed by atoms with Crippen LogP contribution in [-0.4, -0.2) is 22.2 Å². The molecule has 5 nitrogen and oxygen atoms in total. The Morgan fingerprint density at radius 1 is 1.04 bits per heavy atom. The minimum absolute atomic E-state index is 0.0167. The maximum Gasteiger partial charge on any atom is 0.220 e.